The molecule has 1 aromatic carbocycles. The fourth-order valence-electron chi connectivity index (χ4n) is 2.40. The molecular formula is C15H23ClN4O2. The first-order valence-electron chi connectivity index (χ1n) is 7.15. The first-order chi connectivity index (χ1) is 10.1. The van der Waals surface area contributed by atoms with E-state index in [1.54, 1.807) is 0 Å². The lowest BCUT2D eigenvalue weighted by molar-refractivity contribution is -0.121. The molecule has 1 saturated heterocycles. The van der Waals surface area contributed by atoms with E-state index in [0.29, 0.717) is 12.5 Å². The minimum Gasteiger partial charge on any atom is -0.356 e. The van der Waals surface area contributed by atoms with Gasteiger partial charge in [0.05, 0.1) is 12.5 Å². The van der Waals surface area contributed by atoms with Crippen LogP contribution < -0.4 is 21.7 Å². The van der Waals surface area contributed by atoms with E-state index in [9.17, 15) is 9.59 Å². The Bertz CT molecular complexity index is 520. The summed E-state index contributed by atoms with van der Waals surface area (Å²) in [4.78, 5) is 23.2. The highest BCUT2D eigenvalue weighted by Gasteiger charge is 2.21. The van der Waals surface area contributed by atoms with Crippen molar-refractivity contribution in [3.8, 4) is 0 Å². The highest BCUT2D eigenvalue weighted by atomic mass is 35.5. The zero-order chi connectivity index (χ0) is 15.2. The molecule has 0 aliphatic carbocycles. The third-order valence-electron chi connectivity index (χ3n) is 3.72. The molecule has 1 aliphatic heterocycles. The number of nitrogens with one attached hydrogen (secondary N) is 3. The van der Waals surface area contributed by atoms with Crippen LogP contribution in [-0.4, -0.2) is 31.6 Å². The van der Waals surface area contributed by atoms with Gasteiger partial charge in [-0.25, -0.2) is 4.79 Å². The molecule has 0 saturated carbocycles. The van der Waals surface area contributed by atoms with Crippen molar-refractivity contribution in [1.29, 1.82) is 0 Å². The van der Waals surface area contributed by atoms with Crippen molar-refractivity contribution in [2.45, 2.75) is 19.4 Å². The standard InChI is InChI=1S/C15H22N4O2.ClH/c1-10-4-2-3-5-12(10)13(19-15(16)21)6-14(20)18-9-11-7-17-8-11;/h2-5,11,13,17H,6-9H2,1H3,(H,18,20)(H3,16,19,21);1H. The molecule has 1 aromatic rings. The van der Waals surface area contributed by atoms with Gasteiger partial charge in [0.2, 0.25) is 5.91 Å². The number of aryl methyl sites for hydroxylation is 1. The molecule has 22 heavy (non-hydrogen) atoms. The van der Waals surface area contributed by atoms with E-state index in [4.69, 9.17) is 5.73 Å². The molecule has 1 unspecified atom stereocenters. The van der Waals surface area contributed by atoms with Crippen molar-refractivity contribution in [3.63, 3.8) is 0 Å². The number of benzene rings is 1. The molecular weight excluding hydrogens is 304 g/mol. The molecule has 0 bridgehead atoms. The first kappa shape index (κ1) is 18.3. The van der Waals surface area contributed by atoms with Gasteiger partial charge in [-0.2, -0.15) is 0 Å². The third-order valence-corrected chi connectivity index (χ3v) is 3.72. The van der Waals surface area contributed by atoms with Crippen molar-refractivity contribution < 1.29 is 9.59 Å². The predicted molar refractivity (Wildman–Crippen MR) is 87.9 cm³/mol. The van der Waals surface area contributed by atoms with Gasteiger partial charge < -0.3 is 21.7 Å². The number of urea groups is 1. The number of nitrogens with two attached hydrogens (primary N) is 1. The van der Waals surface area contributed by atoms with Crippen LogP contribution in [0.4, 0.5) is 4.79 Å². The van der Waals surface area contributed by atoms with Crippen molar-refractivity contribution in [2.24, 2.45) is 11.7 Å². The summed E-state index contributed by atoms with van der Waals surface area (Å²) in [5.41, 5.74) is 7.15. The minimum atomic E-state index is -0.626. The lowest BCUT2D eigenvalue weighted by Crippen LogP contribution is -2.48. The van der Waals surface area contributed by atoms with Crippen LogP contribution in [0.25, 0.3) is 0 Å². The van der Waals surface area contributed by atoms with Gasteiger partial charge in [-0.3, -0.25) is 4.79 Å². The highest BCUT2D eigenvalue weighted by molar-refractivity contribution is 5.85. The Balaban J connectivity index is 0.00000242. The van der Waals surface area contributed by atoms with E-state index < -0.39 is 12.1 Å². The molecule has 0 aromatic heterocycles. The summed E-state index contributed by atoms with van der Waals surface area (Å²) in [5.74, 6) is 0.430. The Hall–Kier alpha value is -1.79. The van der Waals surface area contributed by atoms with Gasteiger partial charge in [0.1, 0.15) is 0 Å². The Morgan fingerprint density at radius 1 is 1.36 bits per heavy atom. The molecule has 5 N–H and O–H groups in total. The summed E-state index contributed by atoms with van der Waals surface area (Å²) < 4.78 is 0. The van der Waals surface area contributed by atoms with Crippen LogP contribution in [0.3, 0.4) is 0 Å². The molecule has 3 amide bonds. The van der Waals surface area contributed by atoms with Crippen LogP contribution in [0.1, 0.15) is 23.6 Å². The SMILES string of the molecule is Cc1ccccc1C(CC(=O)NCC1CNC1)NC(N)=O.Cl. The second-order valence-corrected chi connectivity index (χ2v) is 5.45. The molecule has 7 heteroatoms. The normalized spacial score (nSPS) is 15.1. The predicted octanol–water partition coefficient (Wildman–Crippen LogP) is 0.852. The number of amides is 3. The molecule has 0 radical (unpaired) electrons. The van der Waals surface area contributed by atoms with E-state index >= 15 is 0 Å². The Morgan fingerprint density at radius 3 is 2.59 bits per heavy atom. The summed E-state index contributed by atoms with van der Waals surface area (Å²) in [6, 6.07) is 6.63. The van der Waals surface area contributed by atoms with Gasteiger partial charge in [-0.1, -0.05) is 24.3 Å². The van der Waals surface area contributed by atoms with Crippen LogP contribution in [0.5, 0.6) is 0 Å². The van der Waals surface area contributed by atoms with Crippen LogP contribution in [0.2, 0.25) is 0 Å². The molecule has 1 atom stereocenters. The second-order valence-electron chi connectivity index (χ2n) is 5.45. The molecule has 122 valence electrons. The van der Waals surface area contributed by atoms with E-state index in [1.165, 1.54) is 0 Å². The number of hydrogen-bond donors (Lipinski definition) is 4. The van der Waals surface area contributed by atoms with Gasteiger partial charge in [-0.15, -0.1) is 12.4 Å². The van der Waals surface area contributed by atoms with Crippen LogP contribution in [0.15, 0.2) is 24.3 Å². The average Bonchev–Trinajstić information content (AvgIpc) is 2.36. The number of halogens is 1. The van der Waals surface area contributed by atoms with Gasteiger partial charge in [0.25, 0.3) is 0 Å². The maximum absolute atomic E-state index is 12.0. The van der Waals surface area contributed by atoms with E-state index in [0.717, 1.165) is 24.2 Å². The van der Waals surface area contributed by atoms with Gasteiger partial charge in [-0.05, 0) is 18.1 Å². The summed E-state index contributed by atoms with van der Waals surface area (Å²) in [6.07, 6.45) is 0.188. The second kappa shape index (κ2) is 8.60. The van der Waals surface area contributed by atoms with Crippen LogP contribution in [-0.2, 0) is 4.79 Å². The van der Waals surface area contributed by atoms with Crippen LogP contribution >= 0.6 is 12.4 Å². The number of carbonyl (C=O) groups excluding carboxylic acids is 2. The maximum Gasteiger partial charge on any atom is 0.312 e. The quantitative estimate of drug-likeness (QED) is 0.624. The van der Waals surface area contributed by atoms with Crippen molar-refractivity contribution in [3.05, 3.63) is 35.4 Å². The fourth-order valence-corrected chi connectivity index (χ4v) is 2.40. The average molecular weight is 327 g/mol. The Kier molecular flexibility index (Phi) is 7.14. The lowest BCUT2D eigenvalue weighted by Gasteiger charge is -2.27. The van der Waals surface area contributed by atoms with Gasteiger partial charge in [0.15, 0.2) is 0 Å². The zero-order valence-electron chi connectivity index (χ0n) is 12.6. The Morgan fingerprint density at radius 2 is 2.05 bits per heavy atom. The zero-order valence-corrected chi connectivity index (χ0v) is 13.4. The minimum absolute atomic E-state index is 0. The number of hydrogen-bond acceptors (Lipinski definition) is 3. The summed E-state index contributed by atoms with van der Waals surface area (Å²) in [7, 11) is 0. The summed E-state index contributed by atoms with van der Waals surface area (Å²) in [5, 5.41) is 8.72. The third kappa shape index (κ3) is 5.20. The highest BCUT2D eigenvalue weighted by Crippen LogP contribution is 2.20. The van der Waals surface area contributed by atoms with Gasteiger partial charge >= 0.3 is 6.03 Å². The molecule has 2 rings (SSSR count). The molecule has 0 spiro atoms. The molecule has 1 heterocycles. The molecule has 1 aliphatic rings. The van der Waals surface area contributed by atoms with Gasteiger partial charge in [0, 0.05) is 25.6 Å². The topological polar surface area (TPSA) is 96.2 Å². The van der Waals surface area contributed by atoms with E-state index in [1.807, 2.05) is 31.2 Å². The van der Waals surface area contributed by atoms with E-state index in [-0.39, 0.29) is 24.7 Å². The first-order valence-corrected chi connectivity index (χ1v) is 7.15. The van der Waals surface area contributed by atoms with Crippen molar-refractivity contribution >= 4 is 24.3 Å². The van der Waals surface area contributed by atoms with Crippen molar-refractivity contribution in [1.82, 2.24) is 16.0 Å². The molecule has 1 fully saturated rings. The maximum atomic E-state index is 12.0. The summed E-state index contributed by atoms with van der Waals surface area (Å²) >= 11 is 0. The van der Waals surface area contributed by atoms with E-state index in [2.05, 4.69) is 16.0 Å². The molecule has 6 nitrogen and oxygen atoms in total. The monoisotopic (exact) mass is 326 g/mol. The number of rotatable bonds is 6. The van der Waals surface area contributed by atoms with Crippen molar-refractivity contribution in [2.75, 3.05) is 19.6 Å². The number of carbonyl (C=O) groups is 2. The Labute approximate surface area is 136 Å². The van der Waals surface area contributed by atoms with Crippen LogP contribution in [0, 0.1) is 12.8 Å². The smallest absolute Gasteiger partial charge is 0.312 e. The lowest BCUT2D eigenvalue weighted by atomic mass is 9.98. The fraction of sp³-hybridized carbons (Fsp3) is 0.467. The summed E-state index contributed by atoms with van der Waals surface area (Å²) in [6.45, 7) is 4.51. The number of primary amides is 1. The largest absolute Gasteiger partial charge is 0.356 e.